The van der Waals surface area contributed by atoms with Gasteiger partial charge in [0.05, 0.1) is 11.9 Å². The Bertz CT molecular complexity index is 320. The molecule has 1 aromatic heterocycles. The summed E-state index contributed by atoms with van der Waals surface area (Å²) in [4.78, 5) is 8.65. The van der Waals surface area contributed by atoms with E-state index in [1.807, 2.05) is 6.20 Å². The summed E-state index contributed by atoms with van der Waals surface area (Å²) in [7, 11) is 0. The summed E-state index contributed by atoms with van der Waals surface area (Å²) in [5.74, 6) is 0.861. The predicted octanol–water partition coefficient (Wildman–Crippen LogP) is 1.55. The number of anilines is 1. The zero-order valence-corrected chi connectivity index (χ0v) is 9.33. The van der Waals surface area contributed by atoms with Crippen molar-refractivity contribution in [2.24, 2.45) is 0 Å². The molecule has 1 aromatic rings. The molecule has 0 aliphatic heterocycles. The van der Waals surface area contributed by atoms with Crippen LogP contribution in [0.15, 0.2) is 12.4 Å². The second kappa shape index (κ2) is 4.57. The third kappa shape index (κ3) is 3.47. The Morgan fingerprint density at radius 2 is 2.20 bits per heavy atom. The van der Waals surface area contributed by atoms with E-state index in [9.17, 15) is 0 Å². The van der Waals surface area contributed by atoms with Crippen LogP contribution in [0, 0.1) is 0 Å². The molecule has 15 heavy (non-hydrogen) atoms. The van der Waals surface area contributed by atoms with Gasteiger partial charge >= 0.3 is 0 Å². The highest BCUT2D eigenvalue weighted by Crippen LogP contribution is 2.19. The quantitative estimate of drug-likeness (QED) is 0.767. The second-order valence-electron chi connectivity index (χ2n) is 4.35. The third-order valence-electron chi connectivity index (χ3n) is 2.27. The van der Waals surface area contributed by atoms with E-state index in [-0.39, 0.29) is 0 Å². The molecular weight excluding hydrogens is 188 g/mol. The van der Waals surface area contributed by atoms with Crippen LogP contribution in [0.4, 0.5) is 5.82 Å². The summed E-state index contributed by atoms with van der Waals surface area (Å²) < 4.78 is 0. The maximum Gasteiger partial charge on any atom is 0.145 e. The lowest BCUT2D eigenvalue weighted by Gasteiger charge is -2.09. The summed E-state index contributed by atoms with van der Waals surface area (Å²) in [6.07, 6.45) is 6.19. The van der Waals surface area contributed by atoms with Crippen LogP contribution in [-0.4, -0.2) is 22.1 Å². The highest BCUT2D eigenvalue weighted by atomic mass is 15.0. The van der Waals surface area contributed by atoms with Crippen LogP contribution in [0.1, 0.15) is 32.4 Å². The van der Waals surface area contributed by atoms with Crippen molar-refractivity contribution < 1.29 is 0 Å². The molecule has 2 N–H and O–H groups in total. The summed E-state index contributed by atoms with van der Waals surface area (Å²) in [5.41, 5.74) is 1.01. The van der Waals surface area contributed by atoms with Crippen molar-refractivity contribution in [3.05, 3.63) is 18.1 Å². The van der Waals surface area contributed by atoms with Gasteiger partial charge in [-0.05, 0) is 26.7 Å². The standard InChI is InChI=1S/C11H18N4/c1-8(2)14-11-7-12-5-10(15-11)6-13-9-3-4-9/h5,7-9,13H,3-4,6H2,1-2H3,(H,14,15). The molecule has 4 nitrogen and oxygen atoms in total. The minimum absolute atomic E-state index is 0.394. The van der Waals surface area contributed by atoms with Gasteiger partial charge in [0.15, 0.2) is 0 Å². The fraction of sp³-hybridized carbons (Fsp3) is 0.636. The van der Waals surface area contributed by atoms with Crippen LogP contribution in [0.5, 0.6) is 0 Å². The Kier molecular flexibility index (Phi) is 3.16. The topological polar surface area (TPSA) is 49.8 Å². The predicted molar refractivity (Wildman–Crippen MR) is 60.7 cm³/mol. The average molecular weight is 206 g/mol. The Morgan fingerprint density at radius 1 is 1.40 bits per heavy atom. The van der Waals surface area contributed by atoms with Gasteiger partial charge in [-0.15, -0.1) is 0 Å². The number of nitrogens with one attached hydrogen (secondary N) is 2. The SMILES string of the molecule is CC(C)Nc1cncc(CNC2CC2)n1. The van der Waals surface area contributed by atoms with Crippen molar-refractivity contribution in [2.45, 2.75) is 45.3 Å². The molecule has 0 saturated heterocycles. The van der Waals surface area contributed by atoms with Gasteiger partial charge in [0.2, 0.25) is 0 Å². The van der Waals surface area contributed by atoms with E-state index < -0.39 is 0 Å². The van der Waals surface area contributed by atoms with Crippen molar-refractivity contribution in [1.82, 2.24) is 15.3 Å². The normalized spacial score (nSPS) is 15.7. The van der Waals surface area contributed by atoms with Crippen molar-refractivity contribution in [2.75, 3.05) is 5.32 Å². The first-order valence-electron chi connectivity index (χ1n) is 5.55. The monoisotopic (exact) mass is 206 g/mol. The Morgan fingerprint density at radius 3 is 2.87 bits per heavy atom. The number of hydrogen-bond acceptors (Lipinski definition) is 4. The average Bonchev–Trinajstić information content (AvgIpc) is 2.97. The van der Waals surface area contributed by atoms with Crippen LogP contribution < -0.4 is 10.6 Å². The van der Waals surface area contributed by atoms with Crippen molar-refractivity contribution >= 4 is 5.82 Å². The molecule has 0 aromatic carbocycles. The van der Waals surface area contributed by atoms with Gasteiger partial charge in [0, 0.05) is 24.8 Å². The molecule has 2 rings (SSSR count). The van der Waals surface area contributed by atoms with Crippen molar-refractivity contribution in [3.63, 3.8) is 0 Å². The first-order valence-corrected chi connectivity index (χ1v) is 5.55. The van der Waals surface area contributed by atoms with E-state index in [0.29, 0.717) is 12.1 Å². The third-order valence-corrected chi connectivity index (χ3v) is 2.27. The smallest absolute Gasteiger partial charge is 0.145 e. The maximum atomic E-state index is 4.48. The molecule has 4 heteroatoms. The van der Waals surface area contributed by atoms with E-state index >= 15 is 0 Å². The molecule has 82 valence electrons. The van der Waals surface area contributed by atoms with Crippen LogP contribution >= 0.6 is 0 Å². The van der Waals surface area contributed by atoms with Gasteiger partial charge < -0.3 is 10.6 Å². The van der Waals surface area contributed by atoms with Crippen LogP contribution in [-0.2, 0) is 6.54 Å². The summed E-state index contributed by atoms with van der Waals surface area (Å²) in [6, 6.07) is 1.11. The largest absolute Gasteiger partial charge is 0.367 e. The Hall–Kier alpha value is -1.16. The minimum atomic E-state index is 0.394. The summed E-state index contributed by atoms with van der Waals surface area (Å²) in [5, 5.41) is 6.67. The molecule has 0 spiro atoms. The van der Waals surface area contributed by atoms with Gasteiger partial charge in [-0.3, -0.25) is 4.98 Å². The number of aromatic nitrogens is 2. The Balaban J connectivity index is 1.91. The van der Waals surface area contributed by atoms with E-state index in [1.165, 1.54) is 12.8 Å². The van der Waals surface area contributed by atoms with E-state index in [4.69, 9.17) is 0 Å². The van der Waals surface area contributed by atoms with Crippen molar-refractivity contribution in [1.29, 1.82) is 0 Å². The van der Waals surface area contributed by atoms with Gasteiger partial charge in [-0.2, -0.15) is 0 Å². The van der Waals surface area contributed by atoms with E-state index in [2.05, 4.69) is 34.4 Å². The highest BCUT2D eigenvalue weighted by Gasteiger charge is 2.20. The lowest BCUT2D eigenvalue weighted by Crippen LogP contribution is -2.18. The fourth-order valence-corrected chi connectivity index (χ4v) is 1.39. The molecule has 1 saturated carbocycles. The molecule has 0 atom stereocenters. The Labute approximate surface area is 90.5 Å². The van der Waals surface area contributed by atoms with E-state index in [0.717, 1.165) is 18.1 Å². The molecule has 0 unspecified atom stereocenters. The molecule has 1 fully saturated rings. The lowest BCUT2D eigenvalue weighted by molar-refractivity contribution is 0.671. The maximum absolute atomic E-state index is 4.48. The number of nitrogens with zero attached hydrogens (tertiary/aromatic N) is 2. The minimum Gasteiger partial charge on any atom is -0.367 e. The van der Waals surface area contributed by atoms with Gasteiger partial charge in [0.25, 0.3) is 0 Å². The van der Waals surface area contributed by atoms with E-state index in [1.54, 1.807) is 6.20 Å². The first-order chi connectivity index (χ1) is 7.24. The van der Waals surface area contributed by atoms with Gasteiger partial charge in [-0.25, -0.2) is 4.98 Å². The number of rotatable bonds is 5. The van der Waals surface area contributed by atoms with Crippen molar-refractivity contribution in [3.8, 4) is 0 Å². The van der Waals surface area contributed by atoms with Gasteiger partial charge in [-0.1, -0.05) is 0 Å². The molecular formula is C11H18N4. The molecule has 0 amide bonds. The molecule has 0 radical (unpaired) electrons. The first kappa shape index (κ1) is 10.4. The fourth-order valence-electron chi connectivity index (χ4n) is 1.39. The molecule has 1 aliphatic rings. The summed E-state index contributed by atoms with van der Waals surface area (Å²) in [6.45, 7) is 5.01. The van der Waals surface area contributed by atoms with Crippen LogP contribution in [0.25, 0.3) is 0 Å². The van der Waals surface area contributed by atoms with Crippen LogP contribution in [0.3, 0.4) is 0 Å². The summed E-state index contributed by atoms with van der Waals surface area (Å²) >= 11 is 0. The molecule has 1 aliphatic carbocycles. The van der Waals surface area contributed by atoms with Gasteiger partial charge in [0.1, 0.15) is 5.82 Å². The lowest BCUT2D eigenvalue weighted by atomic mass is 10.4. The van der Waals surface area contributed by atoms with Crippen LogP contribution in [0.2, 0.25) is 0 Å². The second-order valence-corrected chi connectivity index (χ2v) is 4.35. The number of hydrogen-bond donors (Lipinski definition) is 2. The zero-order chi connectivity index (χ0) is 10.7. The highest BCUT2D eigenvalue weighted by molar-refractivity contribution is 5.32. The molecule has 0 bridgehead atoms. The molecule has 1 heterocycles. The zero-order valence-electron chi connectivity index (χ0n) is 9.33.